The minimum atomic E-state index is -2.54. The second kappa shape index (κ2) is 25.0. The number of Topliss-reactive ketones (excluding diaryl/α,β-unsaturated/α-hetero) is 1. The van der Waals surface area contributed by atoms with Crippen molar-refractivity contribution >= 4 is 64.6 Å². The molecular formula is C72H72N4O19. The van der Waals surface area contributed by atoms with E-state index in [4.69, 9.17) is 43.1 Å². The number of nitrogens with zero attached hydrogens (tertiary/aromatic N) is 3. The number of hydrogen-bond donors (Lipinski definition) is 4. The largest absolute Gasteiger partial charge is 0.461 e. The Bertz CT molecular complexity index is 4270. The van der Waals surface area contributed by atoms with E-state index in [2.05, 4.69) is 5.32 Å². The van der Waals surface area contributed by atoms with Crippen LogP contribution >= 0.6 is 0 Å². The van der Waals surface area contributed by atoms with Crippen molar-refractivity contribution in [2.24, 2.45) is 21.7 Å². The van der Waals surface area contributed by atoms with E-state index in [1.807, 2.05) is 18.2 Å². The molecule has 12 atom stereocenters. The van der Waals surface area contributed by atoms with E-state index < -0.39 is 142 Å². The number of pyridine rings is 2. The molecule has 95 heavy (non-hydrogen) atoms. The Labute approximate surface area is 545 Å². The molecule has 2 aromatic heterocycles. The third-order valence-electron chi connectivity index (χ3n) is 20.2. The number of esters is 6. The minimum Gasteiger partial charge on any atom is -0.461 e. The fraction of sp³-hybridized carbons (Fsp3) is 0.403. The average molecular weight is 1300 g/mol. The predicted molar refractivity (Wildman–Crippen MR) is 338 cm³/mol. The van der Waals surface area contributed by atoms with E-state index >= 15 is 4.79 Å². The summed E-state index contributed by atoms with van der Waals surface area (Å²) in [5.74, 6) is -9.04. The van der Waals surface area contributed by atoms with E-state index in [1.54, 1.807) is 118 Å². The second-order valence-electron chi connectivity index (χ2n) is 25.9. The number of aliphatic hydroxyl groups excluding tert-OH is 1. The number of nitrogens with one attached hydrogen (secondary N) is 1. The number of ketones is 1. The van der Waals surface area contributed by atoms with Crippen molar-refractivity contribution < 1.29 is 86.8 Å². The average Bonchev–Trinajstić information content (AvgIpc) is 1.17. The number of hydrogen-bond acceptors (Lipinski definition) is 21. The molecule has 6 aliphatic rings. The van der Waals surface area contributed by atoms with Crippen LogP contribution in [0.25, 0.3) is 22.3 Å². The molecule has 2 unspecified atom stereocenters. The lowest BCUT2D eigenvalue weighted by Gasteiger charge is -2.67. The second-order valence-corrected chi connectivity index (χ2v) is 25.9. The minimum absolute atomic E-state index is 0.00453. The van der Waals surface area contributed by atoms with Crippen LogP contribution in [-0.2, 0) is 80.7 Å². The van der Waals surface area contributed by atoms with Gasteiger partial charge in [0, 0.05) is 78.9 Å². The van der Waals surface area contributed by atoms with Crippen LogP contribution in [-0.4, -0.2) is 140 Å². The highest BCUT2D eigenvalue weighted by Gasteiger charge is 2.79. The summed E-state index contributed by atoms with van der Waals surface area (Å²) in [6.07, 6.45) is -9.92. The third-order valence-corrected chi connectivity index (χ3v) is 20.2. The third kappa shape index (κ3) is 11.0. The molecule has 1 amide bonds. The van der Waals surface area contributed by atoms with E-state index in [1.165, 1.54) is 30.5 Å². The summed E-state index contributed by atoms with van der Waals surface area (Å²) < 4.78 is 44.8. The molecule has 12 rings (SSSR count). The van der Waals surface area contributed by atoms with Gasteiger partial charge in [0.25, 0.3) is 11.5 Å². The quantitative estimate of drug-likeness (QED) is 0.0246. The van der Waals surface area contributed by atoms with Crippen molar-refractivity contribution in [3.8, 4) is 11.4 Å². The van der Waals surface area contributed by atoms with Gasteiger partial charge < -0.3 is 58.4 Å². The number of cyclic esters (lactones) is 1. The molecular weight excluding hydrogens is 1220 g/mol. The molecule has 4 N–H and O–H groups in total. The van der Waals surface area contributed by atoms with Crippen molar-refractivity contribution in [2.75, 3.05) is 13.2 Å². The van der Waals surface area contributed by atoms with Crippen LogP contribution in [0.1, 0.15) is 135 Å². The maximum atomic E-state index is 16.6. The van der Waals surface area contributed by atoms with Gasteiger partial charge in [0.15, 0.2) is 29.2 Å². The number of ether oxygens (including phenoxy) is 7. The Morgan fingerprint density at radius 3 is 2.15 bits per heavy atom. The van der Waals surface area contributed by atoms with Gasteiger partial charge in [-0.05, 0) is 79.8 Å². The summed E-state index contributed by atoms with van der Waals surface area (Å²) in [5, 5.41) is 41.3. The smallest absolute Gasteiger partial charge is 0.343 e. The number of fused-ring (bicyclic) bond motifs is 10. The first kappa shape index (κ1) is 65.5. The molecule has 2 bridgehead atoms. The molecule has 3 fully saturated rings. The maximum absolute atomic E-state index is 16.6. The molecule has 23 heteroatoms. The maximum Gasteiger partial charge on any atom is 0.343 e. The normalized spacial score (nSPS) is 27.5. The SMILES string of the molecule is CC[C@]1(O)C(=O)OCc2c1cc1n(c2=O)Cc2c-1nc1ccccc1c2C=NCCCC(=O)O[C@H]1C[C@H]2OC[C@@]2(OC(C)=O)C2C(OC(=O)c3ccccc3)[C@]3(O)C[C@H](OC(=O)[C@H](O)[C@@H](NC(=O)c4ccccc4)c4ccccc4)C(C)=C([C@@H](OC(C)=O)C(=O)[C@@]21C)C3(C)C. The molecule has 3 aliphatic heterocycles. The molecule has 0 radical (unpaired) electrons. The zero-order valence-electron chi connectivity index (χ0n) is 53.3. The summed E-state index contributed by atoms with van der Waals surface area (Å²) in [7, 11) is 0. The lowest BCUT2D eigenvalue weighted by atomic mass is 9.44. The summed E-state index contributed by atoms with van der Waals surface area (Å²) in [5.41, 5.74) is -7.34. The van der Waals surface area contributed by atoms with Gasteiger partial charge in [-0.15, -0.1) is 0 Å². The van der Waals surface area contributed by atoms with Gasteiger partial charge >= 0.3 is 35.8 Å². The predicted octanol–water partition coefficient (Wildman–Crippen LogP) is 6.58. The first-order valence-electron chi connectivity index (χ1n) is 31.6. The fourth-order valence-corrected chi connectivity index (χ4v) is 15.2. The van der Waals surface area contributed by atoms with E-state index in [9.17, 15) is 53.7 Å². The molecule has 5 heterocycles. The molecule has 1 saturated heterocycles. The molecule has 4 aromatic carbocycles. The number of aliphatic hydroxyl groups is 3. The topological polar surface area (TPSA) is 321 Å². The number of benzene rings is 4. The van der Waals surface area contributed by atoms with Crippen molar-refractivity contribution in [1.82, 2.24) is 14.9 Å². The Hall–Kier alpha value is -9.55. The number of rotatable bonds is 17. The first-order chi connectivity index (χ1) is 45.3. The molecule has 2 saturated carbocycles. The lowest BCUT2D eigenvalue weighted by Crippen LogP contribution is -2.82. The van der Waals surface area contributed by atoms with Crippen LogP contribution in [0, 0.1) is 16.7 Å². The van der Waals surface area contributed by atoms with Crippen LogP contribution in [0.15, 0.2) is 142 Å². The van der Waals surface area contributed by atoms with E-state index in [0.717, 1.165) is 13.8 Å². The number of carbonyl (C=O) groups is 8. The van der Waals surface area contributed by atoms with Gasteiger partial charge in [0.05, 0.1) is 58.6 Å². The van der Waals surface area contributed by atoms with Crippen LogP contribution in [0.5, 0.6) is 0 Å². The molecule has 23 nitrogen and oxygen atoms in total. The Balaban J connectivity index is 0.891. The van der Waals surface area contributed by atoms with Gasteiger partial charge in [-0.2, -0.15) is 0 Å². The monoisotopic (exact) mass is 1300 g/mol. The van der Waals surface area contributed by atoms with E-state index in [0.29, 0.717) is 39.0 Å². The highest BCUT2D eigenvalue weighted by molar-refractivity contribution is 6.03. The number of aromatic nitrogens is 2. The molecule has 0 spiro atoms. The number of aliphatic imine (C=N–C) groups is 1. The van der Waals surface area contributed by atoms with Crippen molar-refractivity contribution in [2.45, 2.75) is 153 Å². The highest BCUT2D eigenvalue weighted by atomic mass is 16.6. The Morgan fingerprint density at radius 1 is 0.832 bits per heavy atom. The van der Waals surface area contributed by atoms with Crippen LogP contribution in [0.3, 0.4) is 0 Å². The molecule has 494 valence electrons. The van der Waals surface area contributed by atoms with Gasteiger partial charge in [-0.3, -0.25) is 33.8 Å². The first-order valence-corrected chi connectivity index (χ1v) is 31.6. The van der Waals surface area contributed by atoms with Crippen LogP contribution in [0.4, 0.5) is 0 Å². The summed E-state index contributed by atoms with van der Waals surface area (Å²) in [6, 6.07) is 31.6. The number of amides is 1. The van der Waals surface area contributed by atoms with Crippen LogP contribution in [0.2, 0.25) is 0 Å². The summed E-state index contributed by atoms with van der Waals surface area (Å²) >= 11 is 0. The zero-order valence-corrected chi connectivity index (χ0v) is 53.3. The number of para-hydroxylation sites is 1. The standard InChI is InChI=1S/C72H72N4O19/c1-8-70(87)48-31-50-57-46(35-76(50)64(83)47(48)36-89-67(70)86)45(44-27-18-19-28-49(44)74-57)34-73-30-20-29-54(79)93-52-32-53-71(37-90-53,95-40(4)78)60-62(94-65(84)43-25-16-11-17-26-43)72(88)33-51(38(2)55(68(72,5)6)59(91-39(3)77)61(81)69(52,60)7)92-66(85)58(80)56(41-21-12-9-13-22-41)75-63(82)42-23-14-10-15-24-42/h9-19,21-28,31,34,51-53,56,58-60,62,80,87-88H,8,20,29-30,32-33,35-37H2,1-7H3,(H,75,82)/t51-,52-,53+,56-,58+,59+,60?,62?,69+,70+,71-,72+/m0/s1. The Morgan fingerprint density at radius 2 is 1.49 bits per heavy atom. The molecule has 6 aromatic rings. The fourth-order valence-electron chi connectivity index (χ4n) is 15.2. The van der Waals surface area contributed by atoms with Crippen molar-refractivity contribution in [3.05, 3.63) is 182 Å². The Kier molecular flexibility index (Phi) is 17.2. The zero-order chi connectivity index (χ0) is 67.7. The van der Waals surface area contributed by atoms with Gasteiger partial charge in [0.2, 0.25) is 0 Å². The molecule has 3 aliphatic carbocycles. The van der Waals surface area contributed by atoms with Crippen LogP contribution < -0.4 is 10.9 Å². The van der Waals surface area contributed by atoms with Gasteiger partial charge in [-0.1, -0.05) is 106 Å². The van der Waals surface area contributed by atoms with Gasteiger partial charge in [0.1, 0.15) is 36.6 Å². The van der Waals surface area contributed by atoms with Gasteiger partial charge in [-0.25, -0.2) is 19.4 Å². The van der Waals surface area contributed by atoms with Crippen molar-refractivity contribution in [1.29, 1.82) is 0 Å². The van der Waals surface area contributed by atoms with E-state index in [-0.39, 0.29) is 78.8 Å². The summed E-state index contributed by atoms with van der Waals surface area (Å²) in [6.45, 7) is 9.25. The number of carbonyl (C=O) groups excluding carboxylic acids is 8. The van der Waals surface area contributed by atoms with Crippen molar-refractivity contribution in [3.63, 3.8) is 0 Å². The summed E-state index contributed by atoms with van der Waals surface area (Å²) in [4.78, 5) is 139. The lowest BCUT2D eigenvalue weighted by molar-refractivity contribution is -0.346. The highest BCUT2D eigenvalue weighted by Crippen LogP contribution is 2.65.